The first-order valence-corrected chi connectivity index (χ1v) is 21.2. The van der Waals surface area contributed by atoms with Gasteiger partial charge in [-0.25, -0.2) is 0 Å². The molecule has 2 aromatic rings. The second-order valence-corrected chi connectivity index (χ2v) is 16.8. The summed E-state index contributed by atoms with van der Waals surface area (Å²) in [5, 5.41) is 50.7. The van der Waals surface area contributed by atoms with Crippen LogP contribution in [-0.2, 0) is 49.7 Å². The van der Waals surface area contributed by atoms with Crippen LogP contribution in [0.2, 0.25) is 0 Å². The number of hydrogen-bond donors (Lipinski definition) is 11. The van der Waals surface area contributed by atoms with E-state index in [9.17, 15) is 58.5 Å². The zero-order valence-corrected chi connectivity index (χ0v) is 35.2. The Morgan fingerprint density at radius 1 is 0.839 bits per heavy atom. The van der Waals surface area contributed by atoms with E-state index in [0.717, 1.165) is 16.7 Å². The van der Waals surface area contributed by atoms with Gasteiger partial charge >= 0.3 is 0 Å². The van der Waals surface area contributed by atoms with Crippen LogP contribution in [0.15, 0.2) is 35.5 Å². The van der Waals surface area contributed by atoms with E-state index in [1.807, 2.05) is 0 Å². The molecule has 62 heavy (non-hydrogen) atoms. The van der Waals surface area contributed by atoms with Gasteiger partial charge in [-0.3, -0.25) is 43.2 Å². The van der Waals surface area contributed by atoms with E-state index >= 15 is 0 Å². The van der Waals surface area contributed by atoms with Gasteiger partial charge in [-0.05, 0) is 5.92 Å². The van der Waals surface area contributed by atoms with E-state index in [1.54, 1.807) is 48.9 Å². The lowest BCUT2D eigenvalue weighted by atomic mass is 9.94. The van der Waals surface area contributed by atoms with Gasteiger partial charge < -0.3 is 67.7 Å². The highest BCUT2D eigenvalue weighted by molar-refractivity contribution is 7.99. The van der Waals surface area contributed by atoms with Crippen molar-refractivity contribution in [3.8, 4) is 0 Å². The average Bonchev–Trinajstić information content (AvgIpc) is 3.81. The molecule has 3 aliphatic heterocycles. The van der Waals surface area contributed by atoms with Crippen molar-refractivity contribution in [1.82, 2.24) is 46.7 Å². The fraction of sp³-hybridized carbons (Fsp3) is 0.564. The first-order chi connectivity index (χ1) is 29.4. The molecule has 1 fully saturated rings. The average molecular weight is 887 g/mol. The molecule has 0 spiro atoms. The Morgan fingerprint density at radius 2 is 1.52 bits per heavy atom. The van der Waals surface area contributed by atoms with Crippen molar-refractivity contribution >= 4 is 75.7 Å². The number of rotatable bonds is 7. The molecule has 1 saturated heterocycles. The molecule has 9 amide bonds. The van der Waals surface area contributed by atoms with Gasteiger partial charge in [0.25, 0.3) is 0 Å². The third kappa shape index (κ3) is 11.4. The third-order valence-corrected chi connectivity index (χ3v) is 12.5. The van der Waals surface area contributed by atoms with Crippen molar-refractivity contribution in [2.75, 3.05) is 32.0 Å². The van der Waals surface area contributed by atoms with Crippen molar-refractivity contribution in [1.29, 1.82) is 0 Å². The van der Waals surface area contributed by atoms with Crippen LogP contribution in [0, 0.1) is 11.8 Å². The molecule has 4 heterocycles. The molecule has 2 bridgehead atoms. The van der Waals surface area contributed by atoms with Crippen LogP contribution in [0.5, 0.6) is 0 Å². The Kier molecular flexibility index (Phi) is 15.9. The zero-order valence-electron chi connectivity index (χ0n) is 34.4. The van der Waals surface area contributed by atoms with Crippen molar-refractivity contribution in [2.24, 2.45) is 17.6 Å². The van der Waals surface area contributed by atoms with Crippen LogP contribution in [0.1, 0.15) is 40.0 Å². The largest absolute Gasteiger partial charge is 0.394 e. The number of thioether (sulfide) groups is 1. The van der Waals surface area contributed by atoms with E-state index in [-0.39, 0.29) is 18.7 Å². The highest BCUT2D eigenvalue weighted by Crippen LogP contribution is 2.31. The van der Waals surface area contributed by atoms with Gasteiger partial charge in [-0.2, -0.15) is 0 Å². The maximum Gasteiger partial charge on any atom is 0.246 e. The minimum atomic E-state index is -1.72. The predicted octanol–water partition coefficient (Wildman–Crippen LogP) is -4.71. The monoisotopic (exact) mass is 886 g/mol. The number of aliphatic hydroxyl groups excluding tert-OH is 3. The summed E-state index contributed by atoms with van der Waals surface area (Å²) in [4.78, 5) is 124. The van der Waals surface area contributed by atoms with Crippen LogP contribution in [0.4, 0.5) is 0 Å². The second-order valence-electron chi connectivity index (χ2n) is 15.8. The van der Waals surface area contributed by atoms with E-state index in [1.165, 1.54) is 6.92 Å². The van der Waals surface area contributed by atoms with Gasteiger partial charge in [0.1, 0.15) is 36.3 Å². The van der Waals surface area contributed by atoms with E-state index in [4.69, 9.17) is 5.73 Å². The third-order valence-electron chi connectivity index (χ3n) is 11.2. The highest BCUT2D eigenvalue weighted by Gasteiger charge is 2.44. The number of aromatic nitrogens is 1. The Hall–Kier alpha value is -5.78. The Balaban J connectivity index is 1.69. The molecule has 1 aromatic heterocycles. The lowest BCUT2D eigenvalue weighted by Gasteiger charge is -2.33. The van der Waals surface area contributed by atoms with Gasteiger partial charge in [0.2, 0.25) is 53.2 Å². The molecule has 22 nitrogen and oxygen atoms in total. The molecular weight excluding hydrogens is 833 g/mol. The van der Waals surface area contributed by atoms with Crippen molar-refractivity contribution in [3.05, 3.63) is 30.5 Å². The number of benzene rings is 1. The first kappa shape index (κ1) is 47.3. The summed E-state index contributed by atoms with van der Waals surface area (Å²) in [6.45, 7) is 1.92. The number of nitrogens with one attached hydrogen (secondary N) is 7. The molecule has 0 radical (unpaired) electrons. The molecule has 1 aromatic carbocycles. The molecule has 338 valence electrons. The quantitative estimate of drug-likeness (QED) is 0.125. The lowest BCUT2D eigenvalue weighted by Crippen LogP contribution is -2.62. The molecule has 0 saturated carbocycles. The normalized spacial score (nSPS) is 27.8. The van der Waals surface area contributed by atoms with E-state index in [0.29, 0.717) is 22.2 Å². The standard InChI is InChI=1S/C39H54N10O12S/c1-4-18(2)31-36(59)42-11-29(54)43-25-17-62-39-22-8-6-5-7-20(22)13-48(39)15-24(33(56)41-12-30(55)46-31)45-37(60)32(19(3)27(52)16-50)47-35(58)26-9-21(51)14-49(26)38(61)23(10-28(40)53)44-34(25)57/h5-8,13,18-19,21,23-27,31-32,50-52H,4,9-12,14-17H2,1-3H3,(H2,40,53)(H,41,56)(H,42,59)(H,43,54)(H,44,57)(H,45,60)(H,46,55)(H,47,58)/t18-,19-,21?,23-,24-,25?,26-,27-,31-,32-/m0/s1. The van der Waals surface area contributed by atoms with Gasteiger partial charge in [0, 0.05) is 41.6 Å². The Bertz CT molecular complexity index is 2070. The fourth-order valence-electron chi connectivity index (χ4n) is 7.47. The number of hydrogen-bond acceptors (Lipinski definition) is 13. The Morgan fingerprint density at radius 3 is 2.19 bits per heavy atom. The van der Waals surface area contributed by atoms with E-state index < -0.39 is 146 Å². The minimum absolute atomic E-state index is 0.238. The highest BCUT2D eigenvalue weighted by atomic mass is 32.2. The van der Waals surface area contributed by atoms with Crippen LogP contribution >= 0.6 is 11.8 Å². The summed E-state index contributed by atoms with van der Waals surface area (Å²) < 4.78 is 1.61. The van der Waals surface area contributed by atoms with Crippen LogP contribution in [0.25, 0.3) is 10.8 Å². The summed E-state index contributed by atoms with van der Waals surface area (Å²) in [6.07, 6.45) is -1.89. The van der Waals surface area contributed by atoms with Crippen molar-refractivity contribution in [2.45, 2.75) is 100 Å². The number of amides is 9. The molecule has 12 N–H and O–H groups in total. The van der Waals surface area contributed by atoms with Crippen molar-refractivity contribution in [3.63, 3.8) is 0 Å². The summed E-state index contributed by atoms with van der Waals surface area (Å²) >= 11 is 1.05. The molecule has 5 rings (SSSR count). The number of primary amides is 1. The number of carbonyl (C=O) groups excluding carboxylic acids is 9. The maximum atomic E-state index is 14.4. The molecule has 2 unspecified atom stereocenters. The zero-order chi connectivity index (χ0) is 45.4. The SMILES string of the molecule is CC[C@H](C)[C@@H]1NC(=O)CNC(=O)[C@@H]2Cn3cc4ccccc4c3SCC(NC(=O)CNC1=O)C(=O)N[C@@H](CC(N)=O)C(=O)N1CC(O)C[C@H]1C(=O)N[C@@H]([C@@H](C)[C@@H](O)CO)C(=O)N2. The van der Waals surface area contributed by atoms with Crippen LogP contribution in [-0.4, -0.2) is 158 Å². The second kappa shape index (κ2) is 20.9. The van der Waals surface area contributed by atoms with Gasteiger partial charge in [-0.15, -0.1) is 11.8 Å². The number of nitrogens with two attached hydrogens (primary N) is 1. The maximum absolute atomic E-state index is 14.4. The number of carbonyl (C=O) groups is 9. The molecule has 10 atom stereocenters. The Labute approximate surface area is 360 Å². The predicted molar refractivity (Wildman–Crippen MR) is 220 cm³/mol. The number of fused-ring (bicyclic) bond motifs is 5. The van der Waals surface area contributed by atoms with Gasteiger partial charge in [0.15, 0.2) is 0 Å². The summed E-state index contributed by atoms with van der Waals surface area (Å²) in [5.74, 6) is -10.1. The van der Waals surface area contributed by atoms with Gasteiger partial charge in [0.05, 0.1) is 49.9 Å². The van der Waals surface area contributed by atoms with Crippen molar-refractivity contribution < 1.29 is 58.5 Å². The first-order valence-electron chi connectivity index (χ1n) is 20.2. The topological polar surface area (TPSA) is 333 Å². The summed E-state index contributed by atoms with van der Waals surface area (Å²) in [6, 6.07) is -2.02. The number of aliphatic hydroxyl groups is 3. The molecule has 3 aliphatic rings. The summed E-state index contributed by atoms with van der Waals surface area (Å²) in [7, 11) is 0. The minimum Gasteiger partial charge on any atom is -0.394 e. The molecule has 23 heteroatoms. The lowest BCUT2D eigenvalue weighted by molar-refractivity contribution is -0.144. The fourth-order valence-corrected chi connectivity index (χ4v) is 8.67. The molecular formula is C39H54N10O12S. The molecule has 0 aliphatic carbocycles. The smallest absolute Gasteiger partial charge is 0.246 e. The van der Waals surface area contributed by atoms with Crippen LogP contribution < -0.4 is 43.0 Å². The summed E-state index contributed by atoms with van der Waals surface area (Å²) in [5.41, 5.74) is 5.51. The van der Waals surface area contributed by atoms with Gasteiger partial charge in [-0.1, -0.05) is 51.5 Å². The number of nitrogens with zero attached hydrogens (tertiary/aromatic N) is 2. The van der Waals surface area contributed by atoms with Crippen LogP contribution in [0.3, 0.4) is 0 Å². The van der Waals surface area contributed by atoms with E-state index in [2.05, 4.69) is 37.2 Å².